The van der Waals surface area contributed by atoms with Crippen molar-refractivity contribution in [3.05, 3.63) is 53.1 Å². The zero-order valence-electron chi connectivity index (χ0n) is 15.7. The van der Waals surface area contributed by atoms with Gasteiger partial charge in [0.2, 0.25) is 0 Å². The summed E-state index contributed by atoms with van der Waals surface area (Å²) in [4.78, 5) is 0. The molecule has 0 aliphatic carbocycles. The first kappa shape index (κ1) is 17.7. The van der Waals surface area contributed by atoms with Crippen LogP contribution in [0.4, 0.5) is 0 Å². The van der Waals surface area contributed by atoms with Crippen molar-refractivity contribution in [2.45, 2.75) is 45.4 Å². The first-order chi connectivity index (χ1) is 12.1. The van der Waals surface area contributed by atoms with Gasteiger partial charge in [0.05, 0.1) is 7.11 Å². The average molecular weight is 340 g/mol. The van der Waals surface area contributed by atoms with Crippen molar-refractivity contribution in [3.63, 3.8) is 0 Å². The SMILES string of the molecule is COc1ccc(C(C)CCC(C)c2ccc3c(c2)OCCO3)cc1C. The van der Waals surface area contributed by atoms with E-state index in [2.05, 4.69) is 51.1 Å². The van der Waals surface area contributed by atoms with Gasteiger partial charge in [-0.05, 0) is 66.5 Å². The quantitative estimate of drug-likeness (QED) is 0.698. The number of fused-ring (bicyclic) bond motifs is 1. The largest absolute Gasteiger partial charge is 0.496 e. The molecule has 3 nitrogen and oxygen atoms in total. The Morgan fingerprint density at radius 1 is 0.880 bits per heavy atom. The third-order valence-electron chi connectivity index (χ3n) is 5.16. The Hall–Kier alpha value is -2.16. The van der Waals surface area contributed by atoms with Crippen LogP contribution < -0.4 is 14.2 Å². The highest BCUT2D eigenvalue weighted by Gasteiger charge is 2.16. The van der Waals surface area contributed by atoms with E-state index in [1.807, 2.05) is 6.07 Å². The molecule has 0 saturated carbocycles. The Morgan fingerprint density at radius 2 is 1.48 bits per heavy atom. The number of rotatable bonds is 6. The summed E-state index contributed by atoms with van der Waals surface area (Å²) in [6.45, 7) is 7.97. The van der Waals surface area contributed by atoms with Crippen molar-refractivity contribution in [2.24, 2.45) is 0 Å². The van der Waals surface area contributed by atoms with Crippen LogP contribution in [0.15, 0.2) is 36.4 Å². The van der Waals surface area contributed by atoms with Gasteiger partial charge in [-0.15, -0.1) is 0 Å². The summed E-state index contributed by atoms with van der Waals surface area (Å²) in [6, 6.07) is 12.9. The highest BCUT2D eigenvalue weighted by molar-refractivity contribution is 5.44. The molecule has 0 spiro atoms. The predicted molar refractivity (Wildman–Crippen MR) is 101 cm³/mol. The van der Waals surface area contributed by atoms with Gasteiger partial charge in [0.1, 0.15) is 19.0 Å². The van der Waals surface area contributed by atoms with Gasteiger partial charge in [-0.1, -0.05) is 32.0 Å². The average Bonchev–Trinajstić information content (AvgIpc) is 2.65. The molecule has 3 rings (SSSR count). The lowest BCUT2D eigenvalue weighted by atomic mass is 9.88. The number of aryl methyl sites for hydroxylation is 1. The second-order valence-corrected chi connectivity index (χ2v) is 7.01. The molecule has 3 heteroatoms. The van der Waals surface area contributed by atoms with Crippen LogP contribution in [0.3, 0.4) is 0 Å². The van der Waals surface area contributed by atoms with Crippen molar-refractivity contribution >= 4 is 0 Å². The van der Waals surface area contributed by atoms with Gasteiger partial charge in [0.25, 0.3) is 0 Å². The molecule has 0 N–H and O–H groups in total. The molecule has 0 bridgehead atoms. The molecule has 1 heterocycles. The van der Waals surface area contributed by atoms with E-state index in [4.69, 9.17) is 14.2 Å². The number of ether oxygens (including phenoxy) is 3. The third kappa shape index (κ3) is 4.09. The van der Waals surface area contributed by atoms with Crippen molar-refractivity contribution < 1.29 is 14.2 Å². The normalized spacial score (nSPS) is 15.5. The lowest BCUT2D eigenvalue weighted by Crippen LogP contribution is -2.15. The molecule has 2 aromatic rings. The van der Waals surface area contributed by atoms with E-state index in [0.717, 1.165) is 30.1 Å². The topological polar surface area (TPSA) is 27.7 Å². The van der Waals surface area contributed by atoms with Gasteiger partial charge in [-0.3, -0.25) is 0 Å². The maximum Gasteiger partial charge on any atom is 0.161 e. The van der Waals surface area contributed by atoms with Crippen molar-refractivity contribution in [1.29, 1.82) is 0 Å². The number of methoxy groups -OCH3 is 1. The van der Waals surface area contributed by atoms with E-state index in [-0.39, 0.29) is 0 Å². The zero-order chi connectivity index (χ0) is 17.8. The summed E-state index contributed by atoms with van der Waals surface area (Å²) in [5.74, 6) is 3.74. The van der Waals surface area contributed by atoms with Crippen molar-refractivity contribution in [1.82, 2.24) is 0 Å². The fourth-order valence-corrected chi connectivity index (χ4v) is 3.41. The van der Waals surface area contributed by atoms with Crippen LogP contribution in [-0.4, -0.2) is 20.3 Å². The van der Waals surface area contributed by atoms with Gasteiger partial charge < -0.3 is 14.2 Å². The molecule has 25 heavy (non-hydrogen) atoms. The minimum absolute atomic E-state index is 0.498. The van der Waals surface area contributed by atoms with Gasteiger partial charge in [0.15, 0.2) is 11.5 Å². The van der Waals surface area contributed by atoms with Crippen LogP contribution in [0.1, 0.15) is 55.2 Å². The summed E-state index contributed by atoms with van der Waals surface area (Å²) in [6.07, 6.45) is 2.30. The molecule has 2 aromatic carbocycles. The second kappa shape index (κ2) is 7.81. The monoisotopic (exact) mass is 340 g/mol. The molecule has 2 unspecified atom stereocenters. The Kier molecular flexibility index (Phi) is 5.52. The van der Waals surface area contributed by atoms with Gasteiger partial charge in [-0.25, -0.2) is 0 Å². The smallest absolute Gasteiger partial charge is 0.161 e. The molecule has 0 amide bonds. The third-order valence-corrected chi connectivity index (χ3v) is 5.16. The van der Waals surface area contributed by atoms with E-state index in [1.165, 1.54) is 16.7 Å². The first-order valence-corrected chi connectivity index (χ1v) is 9.12. The van der Waals surface area contributed by atoms with Crippen molar-refractivity contribution in [2.75, 3.05) is 20.3 Å². The maximum absolute atomic E-state index is 5.71. The number of hydrogen-bond donors (Lipinski definition) is 0. The molecule has 1 aliphatic heterocycles. The molecule has 0 radical (unpaired) electrons. The summed E-state index contributed by atoms with van der Waals surface area (Å²) >= 11 is 0. The van der Waals surface area contributed by atoms with Gasteiger partial charge in [-0.2, -0.15) is 0 Å². The van der Waals surface area contributed by atoms with E-state index in [0.29, 0.717) is 25.0 Å². The van der Waals surface area contributed by atoms with Crippen LogP contribution in [-0.2, 0) is 0 Å². The Morgan fingerprint density at radius 3 is 2.12 bits per heavy atom. The maximum atomic E-state index is 5.71. The van der Waals surface area contributed by atoms with Crippen LogP contribution in [0.2, 0.25) is 0 Å². The Balaban J connectivity index is 1.61. The highest BCUT2D eigenvalue weighted by Crippen LogP contribution is 2.35. The van der Waals surface area contributed by atoms with Crippen molar-refractivity contribution in [3.8, 4) is 17.2 Å². The van der Waals surface area contributed by atoms with E-state index in [9.17, 15) is 0 Å². The molecular formula is C22H28O3. The molecule has 0 aromatic heterocycles. The molecule has 2 atom stereocenters. The summed E-state index contributed by atoms with van der Waals surface area (Å²) < 4.78 is 16.7. The molecule has 0 saturated heterocycles. The lowest BCUT2D eigenvalue weighted by Gasteiger charge is -2.21. The molecular weight excluding hydrogens is 312 g/mol. The highest BCUT2D eigenvalue weighted by atomic mass is 16.6. The summed E-state index contributed by atoms with van der Waals surface area (Å²) in [7, 11) is 1.72. The predicted octanol–water partition coefficient (Wildman–Crippen LogP) is 5.46. The standard InChI is InChI=1S/C22H28O3/c1-15(18-7-9-20(23-4)17(3)13-18)5-6-16(2)19-8-10-21-22(14-19)25-12-11-24-21/h7-10,13-16H,5-6,11-12H2,1-4H3. The minimum Gasteiger partial charge on any atom is -0.496 e. The van der Waals surface area contributed by atoms with Crippen LogP contribution in [0, 0.1) is 6.92 Å². The fraction of sp³-hybridized carbons (Fsp3) is 0.455. The fourth-order valence-electron chi connectivity index (χ4n) is 3.41. The lowest BCUT2D eigenvalue weighted by molar-refractivity contribution is 0.171. The van der Waals surface area contributed by atoms with Crippen LogP contribution in [0.25, 0.3) is 0 Å². The van der Waals surface area contributed by atoms with E-state index in [1.54, 1.807) is 7.11 Å². The molecule has 134 valence electrons. The number of benzene rings is 2. The first-order valence-electron chi connectivity index (χ1n) is 9.12. The van der Waals surface area contributed by atoms with Crippen LogP contribution in [0.5, 0.6) is 17.2 Å². The zero-order valence-corrected chi connectivity index (χ0v) is 15.7. The van der Waals surface area contributed by atoms with E-state index < -0.39 is 0 Å². The second-order valence-electron chi connectivity index (χ2n) is 7.01. The number of hydrogen-bond acceptors (Lipinski definition) is 3. The van der Waals surface area contributed by atoms with Crippen LogP contribution >= 0.6 is 0 Å². The molecule has 0 fully saturated rings. The molecule has 1 aliphatic rings. The van der Waals surface area contributed by atoms with Gasteiger partial charge >= 0.3 is 0 Å². The Labute approximate surface area is 150 Å². The van der Waals surface area contributed by atoms with E-state index >= 15 is 0 Å². The summed E-state index contributed by atoms with van der Waals surface area (Å²) in [5, 5.41) is 0. The minimum atomic E-state index is 0.498. The van der Waals surface area contributed by atoms with Gasteiger partial charge in [0, 0.05) is 0 Å². The Bertz CT molecular complexity index is 723. The summed E-state index contributed by atoms with van der Waals surface area (Å²) in [5.41, 5.74) is 3.90.